The second kappa shape index (κ2) is 10.0. The van der Waals surface area contributed by atoms with Gasteiger partial charge < -0.3 is 20.1 Å². The first-order valence-electron chi connectivity index (χ1n) is 8.13. The monoisotopic (exact) mass is 299 g/mol. The van der Waals surface area contributed by atoms with Crippen LogP contribution < -0.4 is 10.6 Å². The summed E-state index contributed by atoms with van der Waals surface area (Å²) in [5, 5.41) is 6.75. The van der Waals surface area contributed by atoms with E-state index in [1.54, 1.807) is 7.11 Å². The first-order valence-corrected chi connectivity index (χ1v) is 8.13. The highest BCUT2D eigenvalue weighted by Crippen LogP contribution is 2.43. The van der Waals surface area contributed by atoms with Crippen molar-refractivity contribution in [1.82, 2.24) is 10.6 Å². The highest BCUT2D eigenvalue weighted by molar-refractivity contribution is 5.79. The Morgan fingerprint density at radius 2 is 2.00 bits per heavy atom. The van der Waals surface area contributed by atoms with Gasteiger partial charge >= 0.3 is 0 Å². The number of nitrogens with zero attached hydrogens (tertiary/aromatic N) is 1. The zero-order valence-electron chi connectivity index (χ0n) is 14.2. The number of hydrogen-bond donors (Lipinski definition) is 2. The fraction of sp³-hybridized carbons (Fsp3) is 0.938. The number of aliphatic imine (C=N–C) groups is 1. The van der Waals surface area contributed by atoms with Crippen molar-refractivity contribution in [1.29, 1.82) is 0 Å². The molecule has 0 spiro atoms. The zero-order valence-corrected chi connectivity index (χ0v) is 14.2. The molecule has 1 saturated carbocycles. The molecule has 0 atom stereocenters. The molecule has 124 valence electrons. The molecular formula is C16H33N3O2. The molecule has 0 aromatic heterocycles. The minimum Gasteiger partial charge on any atom is -0.385 e. The van der Waals surface area contributed by atoms with Crippen LogP contribution in [0.25, 0.3) is 0 Å². The van der Waals surface area contributed by atoms with E-state index in [0.717, 1.165) is 38.7 Å². The van der Waals surface area contributed by atoms with Gasteiger partial charge in [-0.3, -0.25) is 4.99 Å². The lowest BCUT2D eigenvalue weighted by molar-refractivity contribution is 0.0731. The first kappa shape index (κ1) is 18.2. The molecular weight excluding hydrogens is 266 g/mol. The van der Waals surface area contributed by atoms with E-state index in [1.165, 1.54) is 19.3 Å². The lowest BCUT2D eigenvalue weighted by Crippen LogP contribution is -2.47. The fourth-order valence-corrected chi connectivity index (χ4v) is 2.56. The number of methoxy groups -OCH3 is 1. The van der Waals surface area contributed by atoms with Gasteiger partial charge in [0.05, 0.1) is 6.61 Å². The molecule has 0 saturated heterocycles. The Morgan fingerprint density at radius 1 is 1.24 bits per heavy atom. The molecule has 0 heterocycles. The fourth-order valence-electron chi connectivity index (χ4n) is 2.56. The SMILES string of the molecule is CN=C(NCCOCC(C)C)NCC1(CCOC)CCC1. The average Bonchev–Trinajstić information content (AvgIpc) is 2.42. The third kappa shape index (κ3) is 7.14. The third-order valence-corrected chi connectivity index (χ3v) is 4.10. The van der Waals surface area contributed by atoms with E-state index in [-0.39, 0.29) is 0 Å². The number of hydrogen-bond acceptors (Lipinski definition) is 3. The van der Waals surface area contributed by atoms with Crippen molar-refractivity contribution in [2.75, 3.05) is 47.1 Å². The molecule has 1 rings (SSSR count). The number of guanidine groups is 1. The lowest BCUT2D eigenvalue weighted by Gasteiger charge is -2.42. The molecule has 2 N–H and O–H groups in total. The van der Waals surface area contributed by atoms with Crippen molar-refractivity contribution < 1.29 is 9.47 Å². The van der Waals surface area contributed by atoms with Crippen molar-refractivity contribution in [3.05, 3.63) is 0 Å². The van der Waals surface area contributed by atoms with Crippen LogP contribution in [-0.4, -0.2) is 53.0 Å². The van der Waals surface area contributed by atoms with Gasteiger partial charge in [0.15, 0.2) is 5.96 Å². The minimum atomic E-state index is 0.405. The summed E-state index contributed by atoms with van der Waals surface area (Å²) in [6, 6.07) is 0. The molecule has 0 bridgehead atoms. The summed E-state index contributed by atoms with van der Waals surface area (Å²) in [6.07, 6.45) is 5.04. The van der Waals surface area contributed by atoms with Gasteiger partial charge in [-0.25, -0.2) is 0 Å². The van der Waals surface area contributed by atoms with Crippen LogP contribution in [0, 0.1) is 11.3 Å². The van der Waals surface area contributed by atoms with Crippen molar-refractivity contribution in [2.45, 2.75) is 39.5 Å². The second-order valence-corrected chi connectivity index (χ2v) is 6.42. The molecule has 21 heavy (non-hydrogen) atoms. The van der Waals surface area contributed by atoms with Gasteiger partial charge in [-0.05, 0) is 30.6 Å². The number of rotatable bonds is 10. The first-order chi connectivity index (χ1) is 10.1. The molecule has 0 aromatic rings. The standard InChI is InChI=1S/C16H33N3O2/c1-14(2)12-21-11-9-18-15(17-3)19-13-16(6-5-7-16)8-10-20-4/h14H,5-13H2,1-4H3,(H2,17,18,19). The summed E-state index contributed by atoms with van der Waals surface area (Å²) in [5.41, 5.74) is 0.405. The quantitative estimate of drug-likeness (QED) is 0.368. The highest BCUT2D eigenvalue weighted by Gasteiger charge is 2.36. The normalized spacial score (nSPS) is 17.7. The molecule has 0 radical (unpaired) electrons. The molecule has 0 unspecified atom stereocenters. The van der Waals surface area contributed by atoms with Crippen LogP contribution in [0.4, 0.5) is 0 Å². The summed E-state index contributed by atoms with van der Waals surface area (Å²) < 4.78 is 10.8. The molecule has 1 fully saturated rings. The Bertz CT molecular complexity index is 302. The minimum absolute atomic E-state index is 0.405. The Morgan fingerprint density at radius 3 is 2.52 bits per heavy atom. The van der Waals surface area contributed by atoms with E-state index in [1.807, 2.05) is 7.05 Å². The van der Waals surface area contributed by atoms with E-state index in [9.17, 15) is 0 Å². The van der Waals surface area contributed by atoms with Crippen LogP contribution in [0.2, 0.25) is 0 Å². The highest BCUT2D eigenvalue weighted by atomic mass is 16.5. The predicted octanol–water partition coefficient (Wildman–Crippen LogP) is 2.03. The molecule has 5 nitrogen and oxygen atoms in total. The number of nitrogens with one attached hydrogen (secondary N) is 2. The van der Waals surface area contributed by atoms with E-state index in [4.69, 9.17) is 9.47 Å². The van der Waals surface area contributed by atoms with Crippen LogP contribution in [0.15, 0.2) is 4.99 Å². The van der Waals surface area contributed by atoms with E-state index in [2.05, 4.69) is 29.5 Å². The van der Waals surface area contributed by atoms with Crippen molar-refractivity contribution in [3.8, 4) is 0 Å². The average molecular weight is 299 g/mol. The Balaban J connectivity index is 2.18. The molecule has 0 aromatic carbocycles. The maximum atomic E-state index is 5.56. The van der Waals surface area contributed by atoms with Gasteiger partial charge in [-0.1, -0.05) is 20.3 Å². The van der Waals surface area contributed by atoms with Crippen LogP contribution in [-0.2, 0) is 9.47 Å². The second-order valence-electron chi connectivity index (χ2n) is 6.42. The van der Waals surface area contributed by atoms with Gasteiger partial charge in [0.2, 0.25) is 0 Å². The largest absolute Gasteiger partial charge is 0.385 e. The van der Waals surface area contributed by atoms with Crippen LogP contribution in [0.5, 0.6) is 0 Å². The topological polar surface area (TPSA) is 54.9 Å². The van der Waals surface area contributed by atoms with Crippen molar-refractivity contribution in [3.63, 3.8) is 0 Å². The smallest absolute Gasteiger partial charge is 0.191 e. The molecule has 0 amide bonds. The Kier molecular flexibility index (Phi) is 8.69. The van der Waals surface area contributed by atoms with Crippen LogP contribution >= 0.6 is 0 Å². The van der Waals surface area contributed by atoms with Gasteiger partial charge in [0.1, 0.15) is 0 Å². The maximum Gasteiger partial charge on any atom is 0.191 e. The van der Waals surface area contributed by atoms with Gasteiger partial charge in [0, 0.05) is 40.5 Å². The molecule has 5 heteroatoms. The van der Waals surface area contributed by atoms with Crippen LogP contribution in [0.1, 0.15) is 39.5 Å². The lowest BCUT2D eigenvalue weighted by atomic mass is 9.67. The molecule has 1 aliphatic carbocycles. The Hall–Kier alpha value is -0.810. The van der Waals surface area contributed by atoms with Crippen molar-refractivity contribution >= 4 is 5.96 Å². The zero-order chi connectivity index (χ0) is 15.6. The van der Waals surface area contributed by atoms with Crippen molar-refractivity contribution in [2.24, 2.45) is 16.3 Å². The summed E-state index contributed by atoms with van der Waals surface area (Å²) in [5.74, 6) is 1.45. The Labute approximate surface area is 129 Å². The summed E-state index contributed by atoms with van der Waals surface area (Å²) in [7, 11) is 3.59. The summed E-state index contributed by atoms with van der Waals surface area (Å²) >= 11 is 0. The van der Waals surface area contributed by atoms with Gasteiger partial charge in [0.25, 0.3) is 0 Å². The van der Waals surface area contributed by atoms with E-state index in [0.29, 0.717) is 17.9 Å². The van der Waals surface area contributed by atoms with Crippen LogP contribution in [0.3, 0.4) is 0 Å². The number of ether oxygens (including phenoxy) is 2. The van der Waals surface area contributed by atoms with Gasteiger partial charge in [-0.2, -0.15) is 0 Å². The molecule has 1 aliphatic rings. The summed E-state index contributed by atoms with van der Waals surface area (Å²) in [6.45, 7) is 8.45. The van der Waals surface area contributed by atoms with Gasteiger partial charge in [-0.15, -0.1) is 0 Å². The third-order valence-electron chi connectivity index (χ3n) is 4.10. The van der Waals surface area contributed by atoms with E-state index < -0.39 is 0 Å². The summed E-state index contributed by atoms with van der Waals surface area (Å²) in [4.78, 5) is 4.27. The van der Waals surface area contributed by atoms with E-state index >= 15 is 0 Å². The maximum absolute atomic E-state index is 5.56. The molecule has 0 aliphatic heterocycles. The predicted molar refractivity (Wildman–Crippen MR) is 87.8 cm³/mol.